The lowest BCUT2D eigenvalue weighted by Gasteiger charge is -2.27. The second-order valence-electron chi connectivity index (χ2n) is 7.33. The van der Waals surface area contributed by atoms with Crippen LogP contribution in [0.3, 0.4) is 0 Å². The van der Waals surface area contributed by atoms with Crippen molar-refractivity contribution < 1.29 is 28.6 Å². The molecule has 4 rings (SSSR count). The topological polar surface area (TPSA) is 97.1 Å². The van der Waals surface area contributed by atoms with Crippen molar-refractivity contribution in [2.75, 3.05) is 4.90 Å². The predicted octanol–water partition coefficient (Wildman–Crippen LogP) is 4.55. The number of aliphatic hydroxyl groups excluding tert-OH is 1. The molecule has 1 aliphatic heterocycles. The van der Waals surface area contributed by atoms with Crippen LogP contribution in [0.5, 0.6) is 5.75 Å². The lowest BCUT2D eigenvalue weighted by atomic mass is 9.94. The van der Waals surface area contributed by atoms with Gasteiger partial charge >= 0.3 is 5.97 Å². The van der Waals surface area contributed by atoms with Crippen molar-refractivity contribution in [3.8, 4) is 5.75 Å². The van der Waals surface area contributed by atoms with Crippen LogP contribution >= 0.6 is 0 Å². The van der Waals surface area contributed by atoms with Crippen molar-refractivity contribution >= 4 is 23.3 Å². The van der Waals surface area contributed by atoms with Crippen molar-refractivity contribution in [2.24, 2.45) is 0 Å². The molecule has 0 saturated carbocycles. The summed E-state index contributed by atoms with van der Waals surface area (Å²) >= 11 is 0. The molecule has 0 aliphatic carbocycles. The summed E-state index contributed by atoms with van der Waals surface area (Å²) in [7, 11) is 0. The number of esters is 1. The standard InChI is InChI=1S/C25H21NO6/c1-3-16-9-11-18(12-10-16)26-22(17-6-4-7-19(14-17)32-15(2)27)21(24(29)25(26)30)23(28)20-8-5-13-31-20/h4-14,22,29H,3H2,1-2H3. The Bertz CT molecular complexity index is 1210. The van der Waals surface area contributed by atoms with Gasteiger partial charge in [-0.1, -0.05) is 31.2 Å². The number of benzene rings is 2. The Hall–Kier alpha value is -4.13. The molecule has 0 bridgehead atoms. The zero-order valence-corrected chi connectivity index (χ0v) is 17.6. The fraction of sp³-hybridized carbons (Fsp3) is 0.160. The van der Waals surface area contributed by atoms with Gasteiger partial charge in [0.2, 0.25) is 5.78 Å². The molecule has 1 N–H and O–H groups in total. The highest BCUT2D eigenvalue weighted by molar-refractivity contribution is 6.20. The third-order valence-corrected chi connectivity index (χ3v) is 5.26. The van der Waals surface area contributed by atoms with Crippen LogP contribution in [0.1, 0.15) is 41.6 Å². The number of amides is 1. The summed E-state index contributed by atoms with van der Waals surface area (Å²) < 4.78 is 10.4. The predicted molar refractivity (Wildman–Crippen MR) is 116 cm³/mol. The number of carbonyl (C=O) groups excluding carboxylic acids is 3. The molecule has 1 aromatic heterocycles. The van der Waals surface area contributed by atoms with Gasteiger partial charge in [0.05, 0.1) is 17.9 Å². The van der Waals surface area contributed by atoms with Crippen molar-refractivity contribution in [3.05, 3.63) is 95.1 Å². The summed E-state index contributed by atoms with van der Waals surface area (Å²) in [6.07, 6.45) is 2.17. The molecule has 162 valence electrons. The summed E-state index contributed by atoms with van der Waals surface area (Å²) in [6.45, 7) is 3.30. The van der Waals surface area contributed by atoms with Crippen LogP contribution < -0.4 is 9.64 Å². The first kappa shape index (κ1) is 21.1. The van der Waals surface area contributed by atoms with E-state index in [1.165, 1.54) is 24.2 Å². The fourth-order valence-corrected chi connectivity index (χ4v) is 3.77. The number of hydrogen-bond donors (Lipinski definition) is 1. The zero-order valence-electron chi connectivity index (χ0n) is 17.6. The second kappa shape index (κ2) is 8.55. The number of aryl methyl sites for hydroxylation is 1. The number of ketones is 1. The monoisotopic (exact) mass is 431 g/mol. The highest BCUT2D eigenvalue weighted by Gasteiger charge is 2.45. The Morgan fingerprint density at radius 1 is 1.09 bits per heavy atom. The molecular weight excluding hydrogens is 410 g/mol. The molecule has 1 atom stereocenters. The first-order valence-corrected chi connectivity index (χ1v) is 10.1. The number of hydrogen-bond acceptors (Lipinski definition) is 6. The molecule has 2 aromatic carbocycles. The van der Waals surface area contributed by atoms with Gasteiger partial charge in [-0.3, -0.25) is 19.3 Å². The number of rotatable bonds is 6. The van der Waals surface area contributed by atoms with E-state index in [2.05, 4.69) is 0 Å². The summed E-state index contributed by atoms with van der Waals surface area (Å²) in [6, 6.07) is 15.9. The van der Waals surface area contributed by atoms with E-state index in [4.69, 9.17) is 9.15 Å². The molecule has 0 spiro atoms. The maximum Gasteiger partial charge on any atom is 0.308 e. The van der Waals surface area contributed by atoms with E-state index in [9.17, 15) is 19.5 Å². The second-order valence-corrected chi connectivity index (χ2v) is 7.33. The molecule has 0 radical (unpaired) electrons. The summed E-state index contributed by atoms with van der Waals surface area (Å²) in [5.74, 6) is -2.18. The number of anilines is 1. The van der Waals surface area contributed by atoms with E-state index in [0.717, 1.165) is 12.0 Å². The maximum absolute atomic E-state index is 13.2. The molecular formula is C25H21NO6. The normalized spacial score (nSPS) is 15.9. The zero-order chi connectivity index (χ0) is 22.8. The Balaban J connectivity index is 1.86. The molecule has 32 heavy (non-hydrogen) atoms. The fourth-order valence-electron chi connectivity index (χ4n) is 3.77. The van der Waals surface area contributed by atoms with E-state index < -0.39 is 29.5 Å². The number of nitrogens with zero attached hydrogens (tertiary/aromatic N) is 1. The highest BCUT2D eigenvalue weighted by Crippen LogP contribution is 2.42. The maximum atomic E-state index is 13.2. The molecule has 7 heteroatoms. The summed E-state index contributed by atoms with van der Waals surface area (Å²) in [5.41, 5.74) is 1.99. The number of Topliss-reactive ketones (excluding diaryl/α,β-unsaturated/α-hetero) is 1. The third kappa shape index (κ3) is 3.80. The first-order valence-electron chi connectivity index (χ1n) is 10.1. The quantitative estimate of drug-likeness (QED) is 0.349. The highest BCUT2D eigenvalue weighted by atomic mass is 16.5. The summed E-state index contributed by atoms with van der Waals surface area (Å²) in [4.78, 5) is 39.1. The van der Waals surface area contributed by atoms with Gasteiger partial charge in [0.15, 0.2) is 11.5 Å². The van der Waals surface area contributed by atoms with E-state index in [0.29, 0.717) is 11.3 Å². The molecule has 1 unspecified atom stereocenters. The van der Waals surface area contributed by atoms with Gasteiger partial charge in [0.25, 0.3) is 5.91 Å². The van der Waals surface area contributed by atoms with E-state index >= 15 is 0 Å². The van der Waals surface area contributed by atoms with Crippen LogP contribution in [0.15, 0.2) is 82.7 Å². The van der Waals surface area contributed by atoms with Gasteiger partial charge in [0.1, 0.15) is 5.75 Å². The van der Waals surface area contributed by atoms with Crippen molar-refractivity contribution in [3.63, 3.8) is 0 Å². The Morgan fingerprint density at radius 2 is 1.84 bits per heavy atom. The number of aliphatic hydroxyl groups is 1. The number of ether oxygens (including phenoxy) is 1. The number of carbonyl (C=O) groups is 3. The van der Waals surface area contributed by atoms with Crippen molar-refractivity contribution in [2.45, 2.75) is 26.3 Å². The van der Waals surface area contributed by atoms with Crippen LogP contribution in [0.2, 0.25) is 0 Å². The molecule has 0 saturated heterocycles. The van der Waals surface area contributed by atoms with Crippen molar-refractivity contribution in [1.82, 2.24) is 0 Å². The molecule has 1 amide bonds. The first-order chi connectivity index (χ1) is 15.4. The lowest BCUT2D eigenvalue weighted by Crippen LogP contribution is -2.31. The SMILES string of the molecule is CCc1ccc(N2C(=O)C(O)=C(C(=O)c3ccco3)C2c2cccc(OC(C)=O)c2)cc1. The third-order valence-electron chi connectivity index (χ3n) is 5.26. The molecule has 2 heterocycles. The molecule has 1 aliphatic rings. The Morgan fingerprint density at radius 3 is 2.47 bits per heavy atom. The van der Waals surface area contributed by atoms with Gasteiger partial charge in [-0.15, -0.1) is 0 Å². The molecule has 7 nitrogen and oxygen atoms in total. The van der Waals surface area contributed by atoms with Crippen LogP contribution in [0.25, 0.3) is 0 Å². The van der Waals surface area contributed by atoms with Crippen LogP contribution in [-0.4, -0.2) is 22.8 Å². The van der Waals surface area contributed by atoms with Gasteiger partial charge in [-0.25, -0.2) is 0 Å². The Labute approximate surface area is 184 Å². The average Bonchev–Trinajstić information content (AvgIpc) is 3.41. The minimum atomic E-state index is -0.942. The van der Waals surface area contributed by atoms with Gasteiger partial charge in [0, 0.05) is 12.6 Å². The van der Waals surface area contributed by atoms with E-state index in [1.54, 1.807) is 42.5 Å². The van der Waals surface area contributed by atoms with Gasteiger partial charge in [-0.2, -0.15) is 0 Å². The van der Waals surface area contributed by atoms with E-state index in [-0.39, 0.29) is 17.1 Å². The van der Waals surface area contributed by atoms with Gasteiger partial charge in [-0.05, 0) is 53.9 Å². The molecule has 3 aromatic rings. The smallest absolute Gasteiger partial charge is 0.308 e. The van der Waals surface area contributed by atoms with E-state index in [1.807, 2.05) is 19.1 Å². The lowest BCUT2D eigenvalue weighted by molar-refractivity contribution is -0.131. The minimum Gasteiger partial charge on any atom is -0.503 e. The molecule has 0 fully saturated rings. The van der Waals surface area contributed by atoms with Crippen LogP contribution in [-0.2, 0) is 16.0 Å². The summed E-state index contributed by atoms with van der Waals surface area (Å²) in [5, 5.41) is 10.7. The number of furan rings is 1. The average molecular weight is 431 g/mol. The largest absolute Gasteiger partial charge is 0.503 e. The Kier molecular flexibility index (Phi) is 5.64. The minimum absolute atomic E-state index is 0.00340. The van der Waals surface area contributed by atoms with Crippen molar-refractivity contribution in [1.29, 1.82) is 0 Å². The van der Waals surface area contributed by atoms with Crippen LogP contribution in [0, 0.1) is 0 Å². The van der Waals surface area contributed by atoms with Crippen LogP contribution in [0.4, 0.5) is 5.69 Å². The van der Waals surface area contributed by atoms with Gasteiger partial charge < -0.3 is 14.3 Å².